The number of pyridine rings is 1. The zero-order valence-electron chi connectivity index (χ0n) is 12.7. The lowest BCUT2D eigenvalue weighted by molar-refractivity contribution is 0.0987. The molecule has 4 heteroatoms. The summed E-state index contributed by atoms with van der Waals surface area (Å²) in [5, 5.41) is 0. The number of benzene rings is 1. The van der Waals surface area contributed by atoms with E-state index in [1.807, 2.05) is 29.3 Å². The van der Waals surface area contributed by atoms with E-state index in [2.05, 4.69) is 23.0 Å². The summed E-state index contributed by atoms with van der Waals surface area (Å²) in [6, 6.07) is 8.18. The molecule has 3 heterocycles. The fraction of sp³-hybridized carbons (Fsp3) is 0.333. The number of anilines is 1. The molecule has 0 unspecified atom stereocenters. The largest absolute Gasteiger partial charge is 0.308 e. The predicted octanol–water partition coefficient (Wildman–Crippen LogP) is 2.27. The Morgan fingerprint density at radius 2 is 1.95 bits per heavy atom. The summed E-state index contributed by atoms with van der Waals surface area (Å²) in [5.41, 5.74) is 5.46. The molecule has 4 rings (SSSR count). The summed E-state index contributed by atoms with van der Waals surface area (Å²) in [7, 11) is 2.11. The van der Waals surface area contributed by atoms with Gasteiger partial charge in [-0.3, -0.25) is 9.78 Å². The Morgan fingerprint density at radius 3 is 2.86 bits per heavy atom. The highest BCUT2D eigenvalue weighted by Crippen LogP contribution is 2.30. The Labute approximate surface area is 130 Å². The normalized spacial score (nSPS) is 17.2. The quantitative estimate of drug-likeness (QED) is 0.809. The molecule has 0 spiro atoms. The highest BCUT2D eigenvalue weighted by atomic mass is 16.2. The van der Waals surface area contributed by atoms with E-state index < -0.39 is 0 Å². The molecule has 2 aromatic rings. The van der Waals surface area contributed by atoms with Gasteiger partial charge in [-0.2, -0.15) is 0 Å². The summed E-state index contributed by atoms with van der Waals surface area (Å²) in [5.74, 6) is 0.0962. The first-order valence-corrected chi connectivity index (χ1v) is 7.78. The van der Waals surface area contributed by atoms with Gasteiger partial charge in [0.05, 0.1) is 5.56 Å². The number of carbonyl (C=O) groups is 1. The van der Waals surface area contributed by atoms with E-state index in [-0.39, 0.29) is 5.91 Å². The number of amides is 1. The van der Waals surface area contributed by atoms with Crippen molar-refractivity contribution in [1.29, 1.82) is 0 Å². The van der Waals surface area contributed by atoms with Crippen LogP contribution in [0.4, 0.5) is 5.69 Å². The first-order valence-electron chi connectivity index (χ1n) is 7.78. The molecular formula is C18H19N3O. The first-order chi connectivity index (χ1) is 10.7. The average Bonchev–Trinajstić information content (AvgIpc) is 2.97. The second kappa shape index (κ2) is 5.21. The lowest BCUT2D eigenvalue weighted by Gasteiger charge is -2.27. The van der Waals surface area contributed by atoms with E-state index in [0.717, 1.165) is 43.7 Å². The SMILES string of the molecule is CN1CCc2c(cncc2C(=O)N2CCc3ccccc32)C1. The van der Waals surface area contributed by atoms with Gasteiger partial charge < -0.3 is 9.80 Å². The molecule has 0 fully saturated rings. The van der Waals surface area contributed by atoms with Crippen LogP contribution in [-0.4, -0.2) is 35.9 Å². The van der Waals surface area contributed by atoms with E-state index >= 15 is 0 Å². The molecule has 0 radical (unpaired) electrons. The van der Waals surface area contributed by atoms with Crippen molar-refractivity contribution in [3.63, 3.8) is 0 Å². The van der Waals surface area contributed by atoms with Crippen molar-refractivity contribution in [3.8, 4) is 0 Å². The Kier molecular flexibility index (Phi) is 3.19. The summed E-state index contributed by atoms with van der Waals surface area (Å²) in [4.78, 5) is 21.5. The monoisotopic (exact) mass is 293 g/mol. The zero-order valence-corrected chi connectivity index (χ0v) is 12.7. The summed E-state index contributed by atoms with van der Waals surface area (Å²) in [6.07, 6.45) is 5.51. The Balaban J connectivity index is 1.72. The minimum atomic E-state index is 0.0962. The Bertz CT molecular complexity index is 741. The topological polar surface area (TPSA) is 36.4 Å². The van der Waals surface area contributed by atoms with Crippen molar-refractivity contribution < 1.29 is 4.79 Å². The second-order valence-electron chi connectivity index (χ2n) is 6.15. The first kappa shape index (κ1) is 13.5. The Morgan fingerprint density at radius 1 is 1.09 bits per heavy atom. The van der Waals surface area contributed by atoms with Gasteiger partial charge in [0.1, 0.15) is 0 Å². The molecule has 0 aliphatic carbocycles. The van der Waals surface area contributed by atoms with E-state index in [1.165, 1.54) is 16.7 Å². The van der Waals surface area contributed by atoms with Crippen LogP contribution in [0.2, 0.25) is 0 Å². The van der Waals surface area contributed by atoms with Gasteiger partial charge in [0.2, 0.25) is 0 Å². The number of fused-ring (bicyclic) bond motifs is 2. The summed E-state index contributed by atoms with van der Waals surface area (Å²) >= 11 is 0. The molecule has 1 aromatic carbocycles. The van der Waals surface area contributed by atoms with E-state index in [9.17, 15) is 4.79 Å². The molecule has 1 aromatic heterocycles. The van der Waals surface area contributed by atoms with Gasteiger partial charge in [0.25, 0.3) is 5.91 Å². The summed E-state index contributed by atoms with van der Waals surface area (Å²) in [6.45, 7) is 2.63. The number of aromatic nitrogens is 1. The molecule has 112 valence electrons. The van der Waals surface area contributed by atoms with Crippen molar-refractivity contribution in [3.05, 3.63) is 58.9 Å². The molecule has 0 saturated heterocycles. The van der Waals surface area contributed by atoms with Gasteiger partial charge >= 0.3 is 0 Å². The predicted molar refractivity (Wildman–Crippen MR) is 86.1 cm³/mol. The third-order valence-electron chi connectivity index (χ3n) is 4.69. The van der Waals surface area contributed by atoms with Crippen molar-refractivity contribution in [1.82, 2.24) is 9.88 Å². The number of hydrogen-bond donors (Lipinski definition) is 0. The smallest absolute Gasteiger partial charge is 0.260 e. The lowest BCUT2D eigenvalue weighted by atomic mass is 9.96. The van der Waals surface area contributed by atoms with Gasteiger partial charge in [-0.05, 0) is 42.6 Å². The molecule has 2 aliphatic heterocycles. The van der Waals surface area contributed by atoms with Gasteiger partial charge in [-0.15, -0.1) is 0 Å². The van der Waals surface area contributed by atoms with Crippen LogP contribution in [0.25, 0.3) is 0 Å². The van der Waals surface area contributed by atoms with Crippen molar-refractivity contribution in [2.75, 3.05) is 25.0 Å². The number of nitrogens with zero attached hydrogens (tertiary/aromatic N) is 3. The minimum Gasteiger partial charge on any atom is -0.308 e. The maximum Gasteiger partial charge on any atom is 0.260 e. The fourth-order valence-electron chi connectivity index (χ4n) is 3.51. The molecular weight excluding hydrogens is 274 g/mol. The third kappa shape index (κ3) is 2.11. The molecule has 2 aliphatic rings. The average molecular weight is 293 g/mol. The van der Waals surface area contributed by atoms with Gasteiger partial charge in [-0.25, -0.2) is 0 Å². The van der Waals surface area contributed by atoms with Crippen molar-refractivity contribution in [2.24, 2.45) is 0 Å². The van der Waals surface area contributed by atoms with Crippen molar-refractivity contribution >= 4 is 11.6 Å². The van der Waals surface area contributed by atoms with Gasteiger partial charge in [-0.1, -0.05) is 18.2 Å². The van der Waals surface area contributed by atoms with E-state index in [4.69, 9.17) is 0 Å². The maximum atomic E-state index is 13.0. The van der Waals surface area contributed by atoms with Crippen LogP contribution in [0.15, 0.2) is 36.7 Å². The number of hydrogen-bond acceptors (Lipinski definition) is 3. The highest BCUT2D eigenvalue weighted by Gasteiger charge is 2.28. The summed E-state index contributed by atoms with van der Waals surface area (Å²) < 4.78 is 0. The van der Waals surface area contributed by atoms with Crippen molar-refractivity contribution in [2.45, 2.75) is 19.4 Å². The standard InChI is InChI=1S/C18H19N3O/c1-20-8-7-15-14(12-20)10-19-11-16(15)18(22)21-9-6-13-4-2-3-5-17(13)21/h2-5,10-11H,6-9,12H2,1H3. The minimum absolute atomic E-state index is 0.0962. The highest BCUT2D eigenvalue weighted by molar-refractivity contribution is 6.08. The molecule has 1 amide bonds. The van der Waals surface area contributed by atoms with Crippen LogP contribution in [0.1, 0.15) is 27.0 Å². The van der Waals surface area contributed by atoms with E-state index in [1.54, 1.807) is 6.20 Å². The number of carbonyl (C=O) groups excluding carboxylic acids is 1. The molecule has 0 bridgehead atoms. The zero-order chi connectivity index (χ0) is 15.1. The van der Waals surface area contributed by atoms with Crippen LogP contribution < -0.4 is 4.90 Å². The molecule has 4 nitrogen and oxygen atoms in total. The Hall–Kier alpha value is -2.20. The maximum absolute atomic E-state index is 13.0. The van der Waals surface area contributed by atoms with Gasteiger partial charge in [0, 0.05) is 37.7 Å². The van der Waals surface area contributed by atoms with Crippen LogP contribution in [0.5, 0.6) is 0 Å². The molecule has 0 saturated carbocycles. The molecule has 22 heavy (non-hydrogen) atoms. The van der Waals surface area contributed by atoms with Crippen LogP contribution >= 0.6 is 0 Å². The fourth-order valence-corrected chi connectivity index (χ4v) is 3.51. The molecule has 0 N–H and O–H groups in total. The van der Waals surface area contributed by atoms with Crippen LogP contribution in [0, 0.1) is 0 Å². The van der Waals surface area contributed by atoms with E-state index in [0.29, 0.717) is 0 Å². The number of likely N-dealkylation sites (N-methyl/N-ethyl adjacent to an activating group) is 1. The number of rotatable bonds is 1. The van der Waals surface area contributed by atoms with Crippen LogP contribution in [-0.2, 0) is 19.4 Å². The number of para-hydroxylation sites is 1. The van der Waals surface area contributed by atoms with Gasteiger partial charge in [0.15, 0.2) is 0 Å². The second-order valence-corrected chi connectivity index (χ2v) is 6.15. The molecule has 0 atom stereocenters. The lowest BCUT2D eigenvalue weighted by Crippen LogP contribution is -2.33. The third-order valence-corrected chi connectivity index (χ3v) is 4.69. The van der Waals surface area contributed by atoms with Crippen LogP contribution in [0.3, 0.4) is 0 Å².